The average Bonchev–Trinajstić information content (AvgIpc) is 3.03. The minimum atomic E-state index is -0.222. The van der Waals surface area contributed by atoms with Gasteiger partial charge in [0.25, 0.3) is 0 Å². The van der Waals surface area contributed by atoms with Gasteiger partial charge >= 0.3 is 0 Å². The molecule has 5 rings (SSSR count). The lowest BCUT2D eigenvalue weighted by molar-refractivity contribution is -0.218. The summed E-state index contributed by atoms with van der Waals surface area (Å²) in [7, 11) is 0. The standard InChI is InChI=1S/C35H52N2O3.C2H2/c1-27-9-6-12-31(23-27)35-38-22-18-32(40-35)14-8-21-37(26-29-16-19-36-20-17-29)25-28(2)24-33-13-7-15-34(39-33)30-10-4-3-5-11-30;1-2/h3-6,9-12,23,28-29,32-36H,7-8,13-22,24-26H2,1-2H3;1-2H. The number of rotatable bonds is 12. The van der Waals surface area contributed by atoms with Gasteiger partial charge in [-0.1, -0.05) is 67.1 Å². The molecule has 0 bridgehead atoms. The number of piperidine rings is 1. The minimum Gasteiger partial charge on any atom is -0.370 e. The van der Waals surface area contributed by atoms with Gasteiger partial charge < -0.3 is 24.4 Å². The predicted octanol–water partition coefficient (Wildman–Crippen LogP) is 7.47. The van der Waals surface area contributed by atoms with Crippen molar-refractivity contribution in [3.63, 3.8) is 0 Å². The lowest BCUT2D eigenvalue weighted by Crippen LogP contribution is -2.39. The molecular formula is C37H54N2O3. The highest BCUT2D eigenvalue weighted by molar-refractivity contribution is 5.23. The van der Waals surface area contributed by atoms with Crippen molar-refractivity contribution in [2.24, 2.45) is 11.8 Å². The Balaban J connectivity index is 0.00000198. The fraction of sp³-hybridized carbons (Fsp3) is 0.622. The Hall–Kier alpha value is -2.20. The second-order valence-corrected chi connectivity index (χ2v) is 12.7. The van der Waals surface area contributed by atoms with Gasteiger partial charge in [-0.25, -0.2) is 0 Å². The van der Waals surface area contributed by atoms with Gasteiger partial charge in [-0.15, -0.1) is 12.8 Å². The molecule has 0 saturated carbocycles. The van der Waals surface area contributed by atoms with E-state index in [4.69, 9.17) is 14.2 Å². The number of benzene rings is 2. The fourth-order valence-corrected chi connectivity index (χ4v) is 6.97. The van der Waals surface area contributed by atoms with Gasteiger partial charge in [-0.2, -0.15) is 0 Å². The third-order valence-corrected chi connectivity index (χ3v) is 9.07. The van der Waals surface area contributed by atoms with E-state index in [0.717, 1.165) is 50.3 Å². The number of hydrogen-bond donors (Lipinski definition) is 1. The Labute approximate surface area is 255 Å². The fourth-order valence-electron chi connectivity index (χ4n) is 6.97. The average molecular weight is 575 g/mol. The van der Waals surface area contributed by atoms with Crippen molar-refractivity contribution < 1.29 is 14.2 Å². The number of ether oxygens (including phenoxy) is 3. The van der Waals surface area contributed by atoms with Crippen LogP contribution in [-0.4, -0.2) is 56.4 Å². The Morgan fingerprint density at radius 1 is 0.905 bits per heavy atom. The third-order valence-electron chi connectivity index (χ3n) is 9.07. The minimum absolute atomic E-state index is 0.222. The molecule has 5 heteroatoms. The Kier molecular flexibility index (Phi) is 13.9. The second-order valence-electron chi connectivity index (χ2n) is 12.7. The predicted molar refractivity (Wildman–Crippen MR) is 172 cm³/mol. The van der Waals surface area contributed by atoms with Gasteiger partial charge in [-0.3, -0.25) is 0 Å². The maximum Gasteiger partial charge on any atom is 0.184 e. The normalized spacial score (nSPS) is 25.8. The van der Waals surface area contributed by atoms with E-state index in [1.54, 1.807) is 0 Å². The zero-order valence-electron chi connectivity index (χ0n) is 26.1. The molecule has 0 radical (unpaired) electrons. The SMILES string of the molecule is C#C.Cc1cccc(C2OCCC(CCCN(CC(C)CC3CCCC(c4ccccc4)O3)CC3CCNCC3)O2)c1. The molecule has 0 amide bonds. The molecular weight excluding hydrogens is 520 g/mol. The van der Waals surface area contributed by atoms with E-state index in [1.165, 1.54) is 69.4 Å². The van der Waals surface area contributed by atoms with Crippen molar-refractivity contribution in [3.05, 3.63) is 71.3 Å². The largest absolute Gasteiger partial charge is 0.370 e. The smallest absolute Gasteiger partial charge is 0.184 e. The van der Waals surface area contributed by atoms with Crippen LogP contribution < -0.4 is 5.32 Å². The van der Waals surface area contributed by atoms with E-state index in [2.05, 4.69) is 91.5 Å². The van der Waals surface area contributed by atoms with Crippen LogP contribution in [0.25, 0.3) is 0 Å². The van der Waals surface area contributed by atoms with Crippen LogP contribution in [0.2, 0.25) is 0 Å². The molecule has 3 saturated heterocycles. The van der Waals surface area contributed by atoms with Crippen molar-refractivity contribution in [3.8, 4) is 12.8 Å². The topological polar surface area (TPSA) is 43.0 Å². The molecule has 0 aliphatic carbocycles. The molecule has 2 aromatic rings. The van der Waals surface area contributed by atoms with Crippen LogP contribution in [0.4, 0.5) is 0 Å². The molecule has 5 nitrogen and oxygen atoms in total. The summed E-state index contributed by atoms with van der Waals surface area (Å²) in [6, 6.07) is 19.4. The molecule has 230 valence electrons. The zero-order chi connectivity index (χ0) is 29.6. The Morgan fingerprint density at radius 2 is 1.69 bits per heavy atom. The third kappa shape index (κ3) is 10.5. The highest BCUT2D eigenvalue weighted by Crippen LogP contribution is 2.34. The molecule has 3 heterocycles. The van der Waals surface area contributed by atoms with Gasteiger partial charge in [0.05, 0.1) is 24.9 Å². The van der Waals surface area contributed by atoms with Gasteiger partial charge in [0.2, 0.25) is 0 Å². The number of nitrogens with one attached hydrogen (secondary N) is 1. The van der Waals surface area contributed by atoms with E-state index in [0.29, 0.717) is 12.0 Å². The first-order valence-electron chi connectivity index (χ1n) is 16.4. The molecule has 2 aromatic carbocycles. The van der Waals surface area contributed by atoms with Gasteiger partial charge in [0.15, 0.2) is 6.29 Å². The van der Waals surface area contributed by atoms with Crippen LogP contribution in [0.15, 0.2) is 54.6 Å². The molecule has 0 aromatic heterocycles. The van der Waals surface area contributed by atoms with E-state index >= 15 is 0 Å². The van der Waals surface area contributed by atoms with Crippen LogP contribution in [0.3, 0.4) is 0 Å². The number of terminal acetylenes is 1. The Bertz CT molecular complexity index is 1040. The number of hydrogen-bond acceptors (Lipinski definition) is 5. The van der Waals surface area contributed by atoms with Crippen molar-refractivity contribution >= 4 is 0 Å². The van der Waals surface area contributed by atoms with Crippen molar-refractivity contribution in [1.82, 2.24) is 10.2 Å². The van der Waals surface area contributed by atoms with Crippen LogP contribution in [0.1, 0.15) is 93.8 Å². The van der Waals surface area contributed by atoms with Crippen LogP contribution in [-0.2, 0) is 14.2 Å². The molecule has 1 N–H and O–H groups in total. The number of nitrogens with zero attached hydrogens (tertiary/aromatic N) is 1. The van der Waals surface area contributed by atoms with Crippen LogP contribution in [0.5, 0.6) is 0 Å². The summed E-state index contributed by atoms with van der Waals surface area (Å²) in [6.07, 6.45) is 19.4. The molecule has 3 aliphatic rings. The van der Waals surface area contributed by atoms with E-state index in [-0.39, 0.29) is 18.5 Å². The van der Waals surface area contributed by atoms with E-state index < -0.39 is 0 Å². The Morgan fingerprint density at radius 3 is 2.48 bits per heavy atom. The first-order chi connectivity index (χ1) is 20.6. The highest BCUT2D eigenvalue weighted by Gasteiger charge is 2.27. The number of aryl methyl sites for hydroxylation is 1. The first kappa shape index (κ1) is 32.7. The summed E-state index contributed by atoms with van der Waals surface area (Å²) in [6.45, 7) is 11.2. The van der Waals surface area contributed by atoms with Gasteiger partial charge in [-0.05, 0) is 102 Å². The van der Waals surface area contributed by atoms with Crippen molar-refractivity contribution in [2.75, 3.05) is 39.3 Å². The summed E-state index contributed by atoms with van der Waals surface area (Å²) in [5.41, 5.74) is 3.74. The lowest BCUT2D eigenvalue weighted by Gasteiger charge is -2.35. The summed E-state index contributed by atoms with van der Waals surface area (Å²) in [4.78, 5) is 2.77. The maximum absolute atomic E-state index is 6.63. The van der Waals surface area contributed by atoms with Gasteiger partial charge in [0, 0.05) is 18.7 Å². The summed E-state index contributed by atoms with van der Waals surface area (Å²) in [5.74, 6) is 1.44. The van der Waals surface area contributed by atoms with E-state index in [1.807, 2.05) is 0 Å². The maximum atomic E-state index is 6.63. The van der Waals surface area contributed by atoms with Crippen molar-refractivity contribution in [2.45, 2.75) is 96.2 Å². The summed E-state index contributed by atoms with van der Waals surface area (Å²) in [5, 5.41) is 3.54. The molecule has 3 fully saturated rings. The molecule has 42 heavy (non-hydrogen) atoms. The molecule has 5 atom stereocenters. The van der Waals surface area contributed by atoms with Gasteiger partial charge in [0.1, 0.15) is 0 Å². The van der Waals surface area contributed by atoms with Crippen LogP contribution >= 0.6 is 0 Å². The molecule has 0 spiro atoms. The van der Waals surface area contributed by atoms with Crippen LogP contribution in [0, 0.1) is 31.6 Å². The molecule has 3 aliphatic heterocycles. The monoisotopic (exact) mass is 574 g/mol. The van der Waals surface area contributed by atoms with Crippen molar-refractivity contribution in [1.29, 1.82) is 0 Å². The summed E-state index contributed by atoms with van der Waals surface area (Å²) >= 11 is 0. The first-order valence-corrected chi connectivity index (χ1v) is 16.4. The lowest BCUT2D eigenvalue weighted by atomic mass is 9.92. The van der Waals surface area contributed by atoms with E-state index in [9.17, 15) is 0 Å². The quantitative estimate of drug-likeness (QED) is 0.267. The molecule has 5 unspecified atom stereocenters. The summed E-state index contributed by atoms with van der Waals surface area (Å²) < 4.78 is 19.0. The highest BCUT2D eigenvalue weighted by atomic mass is 16.7. The zero-order valence-corrected chi connectivity index (χ0v) is 26.1. The second kappa shape index (κ2) is 17.8.